The van der Waals surface area contributed by atoms with Crippen LogP contribution in [-0.4, -0.2) is 91.7 Å². The van der Waals surface area contributed by atoms with Gasteiger partial charge >= 0.3 is 6.03 Å². The van der Waals surface area contributed by atoms with Crippen molar-refractivity contribution < 1.29 is 14.3 Å². The molecule has 7 heteroatoms. The summed E-state index contributed by atoms with van der Waals surface area (Å²) in [4.78, 5) is 31.4. The number of carbonyl (C=O) groups is 2. The molecule has 0 spiro atoms. The van der Waals surface area contributed by atoms with Gasteiger partial charge in [-0.3, -0.25) is 9.69 Å². The highest BCUT2D eigenvalue weighted by Crippen LogP contribution is 2.20. The number of urea groups is 1. The third-order valence-electron chi connectivity index (χ3n) is 6.00. The van der Waals surface area contributed by atoms with Gasteiger partial charge in [-0.15, -0.1) is 0 Å². The molecule has 1 N–H and O–H groups in total. The van der Waals surface area contributed by atoms with Gasteiger partial charge in [0.15, 0.2) is 0 Å². The van der Waals surface area contributed by atoms with E-state index in [9.17, 15) is 9.59 Å². The molecular weight excluding hydrogens is 356 g/mol. The molecule has 2 aliphatic heterocycles. The van der Waals surface area contributed by atoms with E-state index in [2.05, 4.69) is 24.1 Å². The quantitative estimate of drug-likeness (QED) is 0.682. The van der Waals surface area contributed by atoms with Crippen molar-refractivity contribution in [2.24, 2.45) is 11.8 Å². The summed E-state index contributed by atoms with van der Waals surface area (Å²) in [6.07, 6.45) is 2.60. The van der Waals surface area contributed by atoms with Crippen molar-refractivity contribution in [1.82, 2.24) is 20.0 Å². The molecule has 162 valence electrons. The maximum Gasteiger partial charge on any atom is 0.317 e. The third-order valence-corrected chi connectivity index (χ3v) is 6.00. The molecule has 2 saturated heterocycles. The Kier molecular flexibility index (Phi) is 9.51. The smallest absolute Gasteiger partial charge is 0.317 e. The van der Waals surface area contributed by atoms with Gasteiger partial charge in [-0.05, 0) is 39.0 Å². The fourth-order valence-electron chi connectivity index (χ4n) is 4.29. The van der Waals surface area contributed by atoms with Crippen molar-refractivity contribution in [1.29, 1.82) is 0 Å². The lowest BCUT2D eigenvalue weighted by atomic mass is 9.95. The largest absolute Gasteiger partial charge is 0.379 e. The number of carbonyl (C=O) groups excluding carboxylic acids is 2. The highest BCUT2D eigenvalue weighted by atomic mass is 16.5. The summed E-state index contributed by atoms with van der Waals surface area (Å²) in [6, 6.07) is 0.366. The van der Waals surface area contributed by atoms with Crippen LogP contribution in [0.15, 0.2) is 0 Å². The molecular formula is C21H40N4O3. The second kappa shape index (κ2) is 11.6. The van der Waals surface area contributed by atoms with E-state index in [1.54, 1.807) is 0 Å². The molecule has 1 unspecified atom stereocenters. The Balaban J connectivity index is 1.79. The van der Waals surface area contributed by atoms with Crippen molar-refractivity contribution in [2.75, 3.05) is 59.0 Å². The number of amides is 3. The maximum absolute atomic E-state index is 12.7. The molecule has 2 fully saturated rings. The van der Waals surface area contributed by atoms with Crippen molar-refractivity contribution in [2.45, 2.75) is 53.0 Å². The van der Waals surface area contributed by atoms with Crippen LogP contribution in [0.5, 0.6) is 0 Å². The second-order valence-electron chi connectivity index (χ2n) is 8.39. The number of morpholine rings is 1. The van der Waals surface area contributed by atoms with Gasteiger partial charge in [-0.1, -0.05) is 13.8 Å². The van der Waals surface area contributed by atoms with Crippen LogP contribution in [-0.2, 0) is 9.53 Å². The van der Waals surface area contributed by atoms with E-state index in [0.717, 1.165) is 58.7 Å². The van der Waals surface area contributed by atoms with Gasteiger partial charge in [0.2, 0.25) is 5.91 Å². The molecule has 1 atom stereocenters. The van der Waals surface area contributed by atoms with Crippen molar-refractivity contribution >= 4 is 11.9 Å². The summed E-state index contributed by atoms with van der Waals surface area (Å²) >= 11 is 0. The van der Waals surface area contributed by atoms with Crippen LogP contribution in [0.3, 0.4) is 0 Å². The third kappa shape index (κ3) is 6.62. The SMILES string of the molecule is CCN(CC)C(=O)C1CCN(C(=O)NCC(CC(C)C)N2CCOCC2)CC1. The molecule has 2 rings (SSSR count). The van der Waals surface area contributed by atoms with E-state index in [1.807, 2.05) is 23.6 Å². The minimum atomic E-state index is 0.00996. The van der Waals surface area contributed by atoms with Crippen LogP contribution in [0.4, 0.5) is 4.79 Å². The fourth-order valence-corrected chi connectivity index (χ4v) is 4.29. The highest BCUT2D eigenvalue weighted by molar-refractivity contribution is 5.79. The Morgan fingerprint density at radius 1 is 1.07 bits per heavy atom. The van der Waals surface area contributed by atoms with Gasteiger partial charge in [-0.2, -0.15) is 0 Å². The first-order valence-corrected chi connectivity index (χ1v) is 11.1. The Morgan fingerprint density at radius 2 is 1.68 bits per heavy atom. The molecule has 0 aromatic rings. The fraction of sp³-hybridized carbons (Fsp3) is 0.905. The van der Waals surface area contributed by atoms with Crippen LogP contribution in [0, 0.1) is 11.8 Å². The number of rotatable bonds is 8. The molecule has 28 heavy (non-hydrogen) atoms. The zero-order chi connectivity index (χ0) is 20.5. The Morgan fingerprint density at radius 3 is 2.21 bits per heavy atom. The van der Waals surface area contributed by atoms with Gasteiger partial charge in [0.25, 0.3) is 0 Å². The van der Waals surface area contributed by atoms with Crippen LogP contribution < -0.4 is 5.32 Å². The second-order valence-corrected chi connectivity index (χ2v) is 8.39. The minimum Gasteiger partial charge on any atom is -0.379 e. The van der Waals surface area contributed by atoms with E-state index in [4.69, 9.17) is 4.74 Å². The first-order chi connectivity index (χ1) is 13.5. The van der Waals surface area contributed by atoms with Gasteiger partial charge < -0.3 is 19.9 Å². The van der Waals surface area contributed by atoms with Crippen LogP contribution in [0.25, 0.3) is 0 Å². The van der Waals surface area contributed by atoms with Crippen molar-refractivity contribution in [3.8, 4) is 0 Å². The number of hydrogen-bond acceptors (Lipinski definition) is 4. The van der Waals surface area contributed by atoms with E-state index in [0.29, 0.717) is 31.6 Å². The zero-order valence-electron chi connectivity index (χ0n) is 18.3. The Bertz CT molecular complexity index is 482. The summed E-state index contributed by atoms with van der Waals surface area (Å²) in [6.45, 7) is 15.4. The van der Waals surface area contributed by atoms with Gasteiger partial charge in [-0.25, -0.2) is 4.79 Å². The molecule has 2 heterocycles. The average molecular weight is 397 g/mol. The molecule has 7 nitrogen and oxygen atoms in total. The van der Waals surface area contributed by atoms with E-state index < -0.39 is 0 Å². The Labute approximate surface area is 170 Å². The summed E-state index contributed by atoms with van der Waals surface area (Å²) in [7, 11) is 0. The lowest BCUT2D eigenvalue weighted by molar-refractivity contribution is -0.136. The standard InChI is InChI=1S/C21H40N4O3/c1-5-23(6-2)20(26)18-7-9-25(10-8-18)21(27)22-16-19(15-17(3)4)24-11-13-28-14-12-24/h17-19H,5-16H2,1-4H3,(H,22,27). The van der Waals surface area contributed by atoms with Crippen molar-refractivity contribution in [3.63, 3.8) is 0 Å². The number of likely N-dealkylation sites (tertiary alicyclic amines) is 1. The predicted octanol–water partition coefficient (Wildman–Crippen LogP) is 2.02. The minimum absolute atomic E-state index is 0.00996. The molecule has 0 aromatic heterocycles. The molecule has 0 aliphatic carbocycles. The van der Waals surface area contributed by atoms with Crippen LogP contribution in [0.1, 0.15) is 47.0 Å². The normalized spacial score (nSPS) is 20.2. The molecule has 0 saturated carbocycles. The molecule has 0 aromatic carbocycles. The topological polar surface area (TPSA) is 65.1 Å². The van der Waals surface area contributed by atoms with Crippen molar-refractivity contribution in [3.05, 3.63) is 0 Å². The van der Waals surface area contributed by atoms with Gasteiger partial charge in [0.1, 0.15) is 0 Å². The van der Waals surface area contributed by atoms with Crippen LogP contribution >= 0.6 is 0 Å². The lowest BCUT2D eigenvalue weighted by Gasteiger charge is -2.37. The average Bonchev–Trinajstić information content (AvgIpc) is 2.72. The number of nitrogens with zero attached hydrogens (tertiary/aromatic N) is 3. The number of nitrogens with one attached hydrogen (secondary N) is 1. The van der Waals surface area contributed by atoms with Crippen LogP contribution in [0.2, 0.25) is 0 Å². The van der Waals surface area contributed by atoms with Gasteiger partial charge in [0.05, 0.1) is 13.2 Å². The predicted molar refractivity (Wildman–Crippen MR) is 111 cm³/mol. The molecule has 0 radical (unpaired) electrons. The van der Waals surface area contributed by atoms with E-state index in [1.165, 1.54) is 0 Å². The molecule has 2 aliphatic rings. The number of hydrogen-bond donors (Lipinski definition) is 1. The van der Waals surface area contributed by atoms with E-state index >= 15 is 0 Å². The maximum atomic E-state index is 12.7. The Hall–Kier alpha value is -1.34. The monoisotopic (exact) mass is 396 g/mol. The summed E-state index contributed by atoms with van der Waals surface area (Å²) < 4.78 is 5.47. The highest BCUT2D eigenvalue weighted by Gasteiger charge is 2.30. The zero-order valence-corrected chi connectivity index (χ0v) is 18.3. The number of piperidine rings is 1. The van der Waals surface area contributed by atoms with Gasteiger partial charge in [0, 0.05) is 57.8 Å². The first kappa shape index (κ1) is 22.9. The lowest BCUT2D eigenvalue weighted by Crippen LogP contribution is -2.52. The first-order valence-electron chi connectivity index (χ1n) is 11.1. The summed E-state index contributed by atoms with van der Waals surface area (Å²) in [5.74, 6) is 0.895. The summed E-state index contributed by atoms with van der Waals surface area (Å²) in [5.41, 5.74) is 0. The van der Waals surface area contributed by atoms with E-state index in [-0.39, 0.29) is 17.9 Å². The summed E-state index contributed by atoms with van der Waals surface area (Å²) in [5, 5.41) is 3.15. The molecule has 3 amide bonds. The molecule has 0 bridgehead atoms. The number of ether oxygens (including phenoxy) is 1.